The fourth-order valence-corrected chi connectivity index (χ4v) is 1.98. The van der Waals surface area contributed by atoms with Gasteiger partial charge in [-0.15, -0.1) is 0 Å². The quantitative estimate of drug-likeness (QED) is 0.495. The van der Waals surface area contributed by atoms with E-state index < -0.39 is 23.2 Å². The maximum Gasteiger partial charge on any atom is 0.496 e. The first-order valence-electron chi connectivity index (χ1n) is 6.32. The molecule has 8 heteroatoms. The van der Waals surface area contributed by atoms with Crippen LogP contribution in [0.15, 0.2) is 6.07 Å². The Morgan fingerprint density at radius 2 is 1.80 bits per heavy atom. The second-order valence-corrected chi connectivity index (χ2v) is 5.91. The summed E-state index contributed by atoms with van der Waals surface area (Å²) in [4.78, 5) is 14.4. The van der Waals surface area contributed by atoms with E-state index in [4.69, 9.17) is 15.0 Å². The third-order valence-corrected chi connectivity index (χ3v) is 3.96. The Labute approximate surface area is 117 Å². The van der Waals surface area contributed by atoms with E-state index >= 15 is 0 Å². The van der Waals surface area contributed by atoms with Crippen molar-refractivity contribution in [3.63, 3.8) is 0 Å². The Morgan fingerprint density at radius 1 is 1.30 bits per heavy atom. The van der Waals surface area contributed by atoms with Crippen LogP contribution in [-0.4, -0.2) is 28.2 Å². The second kappa shape index (κ2) is 4.42. The molecule has 0 saturated carbocycles. The number of nitrogens with zero attached hydrogens (tertiary/aromatic N) is 2. The van der Waals surface area contributed by atoms with E-state index in [9.17, 15) is 10.1 Å². The SMILES string of the molecule is Cc1nc(N)c([N+](=O)[O-])cc1B1OC(C)(C)C(C)(C)O1. The largest absolute Gasteiger partial charge is 0.496 e. The molecule has 7 nitrogen and oxygen atoms in total. The normalized spacial score (nSPS) is 20.1. The molecule has 1 aromatic rings. The Hall–Kier alpha value is -1.67. The summed E-state index contributed by atoms with van der Waals surface area (Å²) >= 11 is 0. The topological polar surface area (TPSA) is 101 Å². The lowest BCUT2D eigenvalue weighted by atomic mass is 9.78. The minimum Gasteiger partial charge on any atom is -0.399 e. The van der Waals surface area contributed by atoms with Gasteiger partial charge in [-0.05, 0) is 34.6 Å². The van der Waals surface area contributed by atoms with Crippen LogP contribution in [0.4, 0.5) is 11.5 Å². The molecule has 1 aliphatic heterocycles. The number of aryl methyl sites for hydroxylation is 1. The summed E-state index contributed by atoms with van der Waals surface area (Å²) in [6.07, 6.45) is 0. The van der Waals surface area contributed by atoms with Gasteiger partial charge in [0, 0.05) is 17.2 Å². The van der Waals surface area contributed by atoms with Crippen LogP contribution in [0, 0.1) is 17.0 Å². The van der Waals surface area contributed by atoms with Crippen LogP contribution in [0.25, 0.3) is 0 Å². The highest BCUT2D eigenvalue weighted by atomic mass is 16.7. The number of nitrogens with two attached hydrogens (primary N) is 1. The van der Waals surface area contributed by atoms with Gasteiger partial charge in [-0.2, -0.15) is 0 Å². The van der Waals surface area contributed by atoms with Crippen LogP contribution in [0.2, 0.25) is 0 Å². The third kappa shape index (κ3) is 2.25. The van der Waals surface area contributed by atoms with Crippen molar-refractivity contribution >= 4 is 24.1 Å². The number of rotatable bonds is 2. The molecule has 0 unspecified atom stereocenters. The fraction of sp³-hybridized carbons (Fsp3) is 0.583. The summed E-state index contributed by atoms with van der Waals surface area (Å²) in [5.41, 5.74) is 5.39. The Morgan fingerprint density at radius 3 is 2.25 bits per heavy atom. The lowest BCUT2D eigenvalue weighted by Crippen LogP contribution is -2.41. The van der Waals surface area contributed by atoms with Crippen molar-refractivity contribution in [3.8, 4) is 0 Å². The zero-order chi connectivity index (χ0) is 15.3. The minimum absolute atomic E-state index is 0.104. The van der Waals surface area contributed by atoms with Crippen molar-refractivity contribution in [2.24, 2.45) is 0 Å². The van der Waals surface area contributed by atoms with E-state index in [0.717, 1.165) is 0 Å². The van der Waals surface area contributed by atoms with E-state index in [1.165, 1.54) is 6.07 Å². The Bertz CT molecular complexity index is 558. The average Bonchev–Trinajstić information content (AvgIpc) is 2.47. The van der Waals surface area contributed by atoms with Crippen molar-refractivity contribution in [2.45, 2.75) is 45.8 Å². The number of nitro groups is 1. The molecule has 0 aromatic carbocycles. The number of hydrogen-bond donors (Lipinski definition) is 1. The molecule has 0 bridgehead atoms. The van der Waals surface area contributed by atoms with Crippen LogP contribution in [0.5, 0.6) is 0 Å². The molecule has 20 heavy (non-hydrogen) atoms. The van der Waals surface area contributed by atoms with Gasteiger partial charge in [0.15, 0.2) is 0 Å². The van der Waals surface area contributed by atoms with E-state index in [1.54, 1.807) is 6.92 Å². The van der Waals surface area contributed by atoms with Gasteiger partial charge in [0.2, 0.25) is 5.82 Å². The molecule has 0 radical (unpaired) electrons. The van der Waals surface area contributed by atoms with E-state index in [2.05, 4.69) is 4.98 Å². The molecular formula is C12H18BN3O4. The molecule has 0 atom stereocenters. The number of pyridine rings is 1. The maximum atomic E-state index is 11.0. The van der Waals surface area contributed by atoms with Crippen LogP contribution >= 0.6 is 0 Å². The van der Waals surface area contributed by atoms with Gasteiger partial charge in [-0.1, -0.05) is 0 Å². The average molecular weight is 279 g/mol. The summed E-state index contributed by atoms with van der Waals surface area (Å²) in [6.45, 7) is 9.40. The van der Waals surface area contributed by atoms with Crippen LogP contribution in [0.1, 0.15) is 33.4 Å². The van der Waals surface area contributed by atoms with Gasteiger partial charge in [0.05, 0.1) is 16.1 Å². The first kappa shape index (κ1) is 14.7. The lowest BCUT2D eigenvalue weighted by Gasteiger charge is -2.32. The van der Waals surface area contributed by atoms with Crippen molar-refractivity contribution < 1.29 is 14.2 Å². The lowest BCUT2D eigenvalue weighted by molar-refractivity contribution is -0.384. The van der Waals surface area contributed by atoms with Crippen LogP contribution in [-0.2, 0) is 9.31 Å². The smallest absolute Gasteiger partial charge is 0.399 e. The molecule has 1 fully saturated rings. The molecule has 1 aromatic heterocycles. The summed E-state index contributed by atoms with van der Waals surface area (Å²) in [5.74, 6) is -0.104. The molecule has 2 rings (SSSR count). The van der Waals surface area contributed by atoms with Gasteiger partial charge < -0.3 is 15.0 Å². The second-order valence-electron chi connectivity index (χ2n) is 5.91. The van der Waals surface area contributed by atoms with Crippen molar-refractivity contribution in [1.82, 2.24) is 4.98 Å². The summed E-state index contributed by atoms with van der Waals surface area (Å²) in [7, 11) is -0.688. The highest BCUT2D eigenvalue weighted by Crippen LogP contribution is 2.37. The maximum absolute atomic E-state index is 11.0. The number of aromatic nitrogens is 1. The van der Waals surface area contributed by atoms with E-state index in [-0.39, 0.29) is 11.5 Å². The Kier molecular flexibility index (Phi) is 3.26. The Balaban J connectivity index is 2.45. The molecule has 0 spiro atoms. The summed E-state index contributed by atoms with van der Waals surface area (Å²) < 4.78 is 11.8. The number of anilines is 1. The first-order valence-corrected chi connectivity index (χ1v) is 6.32. The number of hydrogen-bond acceptors (Lipinski definition) is 6. The molecule has 1 saturated heterocycles. The van der Waals surface area contributed by atoms with Crippen molar-refractivity contribution in [2.75, 3.05) is 5.73 Å². The molecule has 0 amide bonds. The summed E-state index contributed by atoms with van der Waals surface area (Å²) in [5, 5.41) is 11.0. The number of nitrogen functional groups attached to an aromatic ring is 1. The van der Waals surface area contributed by atoms with Gasteiger partial charge in [-0.3, -0.25) is 10.1 Å². The monoisotopic (exact) mass is 279 g/mol. The highest BCUT2D eigenvalue weighted by Gasteiger charge is 2.52. The molecule has 108 valence electrons. The molecule has 2 N–H and O–H groups in total. The third-order valence-electron chi connectivity index (χ3n) is 3.96. The standard InChI is InChI=1S/C12H18BN3O4/c1-7-8(6-9(16(17)18)10(14)15-7)13-19-11(2,3)12(4,5)20-13/h6H,1-5H3,(H2,14,15). The van der Waals surface area contributed by atoms with Gasteiger partial charge in [0.25, 0.3) is 0 Å². The molecule has 1 aliphatic rings. The predicted molar refractivity (Wildman–Crippen MR) is 75.8 cm³/mol. The molecular weight excluding hydrogens is 261 g/mol. The zero-order valence-corrected chi connectivity index (χ0v) is 12.3. The van der Waals surface area contributed by atoms with Gasteiger partial charge in [0.1, 0.15) is 0 Å². The predicted octanol–water partition coefficient (Wildman–Crippen LogP) is 1.18. The van der Waals surface area contributed by atoms with E-state index in [1.807, 2.05) is 27.7 Å². The van der Waals surface area contributed by atoms with Crippen molar-refractivity contribution in [3.05, 3.63) is 21.9 Å². The van der Waals surface area contributed by atoms with Crippen LogP contribution < -0.4 is 11.2 Å². The van der Waals surface area contributed by atoms with Crippen molar-refractivity contribution in [1.29, 1.82) is 0 Å². The van der Waals surface area contributed by atoms with Gasteiger partial charge >= 0.3 is 12.8 Å². The minimum atomic E-state index is -0.688. The summed E-state index contributed by atoms with van der Waals surface area (Å²) in [6, 6.07) is 1.37. The molecule has 2 heterocycles. The van der Waals surface area contributed by atoms with Crippen LogP contribution in [0.3, 0.4) is 0 Å². The fourth-order valence-electron chi connectivity index (χ4n) is 1.98. The first-order chi connectivity index (χ1) is 9.05. The highest BCUT2D eigenvalue weighted by molar-refractivity contribution is 6.62. The zero-order valence-electron chi connectivity index (χ0n) is 12.3. The molecule has 0 aliphatic carbocycles. The van der Waals surface area contributed by atoms with Gasteiger partial charge in [-0.25, -0.2) is 4.98 Å². The van der Waals surface area contributed by atoms with E-state index in [0.29, 0.717) is 11.2 Å².